The van der Waals surface area contributed by atoms with Crippen molar-refractivity contribution in [1.82, 2.24) is 20.2 Å². The Kier molecular flexibility index (Phi) is 4.61. The second-order valence-electron chi connectivity index (χ2n) is 6.37. The normalized spacial score (nSPS) is 19.2. The maximum atomic E-state index is 11.9. The van der Waals surface area contributed by atoms with Gasteiger partial charge in [0.05, 0.1) is 12.0 Å². The number of ether oxygens (including phenoxy) is 1. The number of tetrazole rings is 1. The molecule has 1 N–H and O–H groups in total. The van der Waals surface area contributed by atoms with Crippen LogP contribution in [0.2, 0.25) is 0 Å². The SMILES string of the molecule is COC(C)(C)c1nnnn1CC1(C(=O)O)CCCCCC1. The van der Waals surface area contributed by atoms with Gasteiger partial charge in [0.25, 0.3) is 0 Å². The fourth-order valence-electron chi connectivity index (χ4n) is 2.97. The number of carbonyl (C=O) groups is 1. The number of aromatic nitrogens is 4. The van der Waals surface area contributed by atoms with Gasteiger partial charge >= 0.3 is 5.97 Å². The van der Waals surface area contributed by atoms with E-state index in [-0.39, 0.29) is 0 Å². The van der Waals surface area contributed by atoms with Crippen molar-refractivity contribution >= 4 is 5.97 Å². The van der Waals surface area contributed by atoms with Crippen molar-refractivity contribution < 1.29 is 14.6 Å². The highest BCUT2D eigenvalue weighted by Crippen LogP contribution is 2.37. The number of carboxylic acids is 1. The molecule has 7 heteroatoms. The minimum atomic E-state index is -0.773. The van der Waals surface area contributed by atoms with Gasteiger partial charge in [-0.25, -0.2) is 4.68 Å². The molecule has 21 heavy (non-hydrogen) atoms. The van der Waals surface area contributed by atoms with E-state index in [1.165, 1.54) is 0 Å². The molecular formula is C14H24N4O3. The van der Waals surface area contributed by atoms with Crippen LogP contribution in [0, 0.1) is 5.41 Å². The molecule has 0 aliphatic heterocycles. The van der Waals surface area contributed by atoms with E-state index in [0.717, 1.165) is 25.7 Å². The van der Waals surface area contributed by atoms with Crippen molar-refractivity contribution in [3.8, 4) is 0 Å². The summed E-state index contributed by atoms with van der Waals surface area (Å²) in [6.45, 7) is 4.04. The third kappa shape index (κ3) is 3.23. The minimum Gasteiger partial charge on any atom is -0.481 e. The van der Waals surface area contributed by atoms with Gasteiger partial charge in [0.15, 0.2) is 5.82 Å². The van der Waals surface area contributed by atoms with Crippen molar-refractivity contribution in [2.45, 2.75) is 64.5 Å². The molecule has 0 radical (unpaired) electrons. The van der Waals surface area contributed by atoms with E-state index in [4.69, 9.17) is 4.74 Å². The molecule has 1 aliphatic carbocycles. The number of aliphatic carboxylic acids is 1. The molecule has 7 nitrogen and oxygen atoms in total. The number of hydrogen-bond donors (Lipinski definition) is 1. The maximum absolute atomic E-state index is 11.9. The van der Waals surface area contributed by atoms with Crippen molar-refractivity contribution in [2.75, 3.05) is 7.11 Å². The van der Waals surface area contributed by atoms with Gasteiger partial charge in [-0.2, -0.15) is 0 Å². The van der Waals surface area contributed by atoms with E-state index in [1.54, 1.807) is 11.8 Å². The molecule has 1 saturated carbocycles. The van der Waals surface area contributed by atoms with Crippen LogP contribution in [0.15, 0.2) is 0 Å². The predicted octanol–water partition coefficient (Wildman–Crippen LogP) is 1.98. The molecular weight excluding hydrogens is 272 g/mol. The Hall–Kier alpha value is -1.50. The molecule has 0 atom stereocenters. The van der Waals surface area contributed by atoms with Crippen LogP contribution in [0.25, 0.3) is 0 Å². The second kappa shape index (κ2) is 6.09. The summed E-state index contributed by atoms with van der Waals surface area (Å²) in [5.74, 6) is -0.184. The summed E-state index contributed by atoms with van der Waals surface area (Å²) in [6, 6.07) is 0. The highest BCUT2D eigenvalue weighted by atomic mass is 16.5. The fraction of sp³-hybridized carbons (Fsp3) is 0.857. The monoisotopic (exact) mass is 296 g/mol. The average molecular weight is 296 g/mol. The number of rotatable bonds is 5. The maximum Gasteiger partial charge on any atom is 0.311 e. The van der Waals surface area contributed by atoms with E-state index in [0.29, 0.717) is 25.2 Å². The van der Waals surface area contributed by atoms with Crippen LogP contribution in [-0.4, -0.2) is 38.4 Å². The third-order valence-electron chi connectivity index (χ3n) is 4.55. The lowest BCUT2D eigenvalue weighted by molar-refractivity contribution is -0.151. The number of hydrogen-bond acceptors (Lipinski definition) is 5. The molecule has 0 spiro atoms. The molecule has 2 rings (SSSR count). The van der Waals surface area contributed by atoms with Crippen molar-refractivity contribution in [3.63, 3.8) is 0 Å². The van der Waals surface area contributed by atoms with Crippen LogP contribution in [0.3, 0.4) is 0 Å². The molecule has 0 aromatic carbocycles. The highest BCUT2D eigenvalue weighted by Gasteiger charge is 2.41. The Morgan fingerprint density at radius 1 is 1.33 bits per heavy atom. The Morgan fingerprint density at radius 3 is 2.48 bits per heavy atom. The number of nitrogens with zero attached hydrogens (tertiary/aromatic N) is 4. The molecule has 0 saturated heterocycles. The second-order valence-corrected chi connectivity index (χ2v) is 6.37. The van der Waals surface area contributed by atoms with E-state index in [2.05, 4.69) is 15.5 Å². The third-order valence-corrected chi connectivity index (χ3v) is 4.55. The largest absolute Gasteiger partial charge is 0.481 e. The predicted molar refractivity (Wildman–Crippen MR) is 75.6 cm³/mol. The molecule has 1 fully saturated rings. The number of methoxy groups -OCH3 is 1. The Bertz CT molecular complexity index is 490. The number of carboxylic acid groups (broad SMARTS) is 1. The van der Waals surface area contributed by atoms with Crippen LogP contribution in [0.4, 0.5) is 0 Å². The molecule has 118 valence electrons. The molecule has 1 aromatic rings. The van der Waals surface area contributed by atoms with E-state index in [9.17, 15) is 9.90 Å². The summed E-state index contributed by atoms with van der Waals surface area (Å²) < 4.78 is 7.02. The van der Waals surface area contributed by atoms with Gasteiger partial charge in [-0.05, 0) is 37.1 Å². The summed E-state index contributed by atoms with van der Waals surface area (Å²) in [6.07, 6.45) is 5.43. The van der Waals surface area contributed by atoms with Gasteiger partial charge in [-0.15, -0.1) is 5.10 Å². The molecule has 1 aliphatic rings. The quantitative estimate of drug-likeness (QED) is 0.836. The summed E-state index contributed by atoms with van der Waals surface area (Å²) in [5.41, 5.74) is -1.42. The highest BCUT2D eigenvalue weighted by molar-refractivity contribution is 5.74. The lowest BCUT2D eigenvalue weighted by Gasteiger charge is -2.29. The first-order valence-electron chi connectivity index (χ1n) is 7.46. The van der Waals surface area contributed by atoms with Crippen LogP contribution in [-0.2, 0) is 21.7 Å². The van der Waals surface area contributed by atoms with E-state index < -0.39 is 17.0 Å². The fourth-order valence-corrected chi connectivity index (χ4v) is 2.97. The molecule has 0 amide bonds. The molecule has 0 unspecified atom stereocenters. The first-order chi connectivity index (χ1) is 9.91. The van der Waals surface area contributed by atoms with Gasteiger partial charge in [0.2, 0.25) is 0 Å². The summed E-state index contributed by atoms with van der Waals surface area (Å²) in [4.78, 5) is 11.9. The summed E-state index contributed by atoms with van der Waals surface area (Å²) in [7, 11) is 1.59. The Balaban J connectivity index is 2.30. The van der Waals surface area contributed by atoms with Gasteiger partial charge in [0, 0.05) is 7.11 Å². The van der Waals surface area contributed by atoms with Gasteiger partial charge in [-0.3, -0.25) is 4.79 Å². The smallest absolute Gasteiger partial charge is 0.311 e. The zero-order valence-electron chi connectivity index (χ0n) is 13.0. The lowest BCUT2D eigenvalue weighted by Crippen LogP contribution is -2.37. The van der Waals surface area contributed by atoms with Gasteiger partial charge < -0.3 is 9.84 Å². The van der Waals surface area contributed by atoms with Crippen molar-refractivity contribution in [2.24, 2.45) is 5.41 Å². The van der Waals surface area contributed by atoms with Crippen LogP contribution < -0.4 is 0 Å². The Labute approximate surface area is 124 Å². The molecule has 0 bridgehead atoms. The van der Waals surface area contributed by atoms with Crippen LogP contribution in [0.5, 0.6) is 0 Å². The zero-order valence-corrected chi connectivity index (χ0v) is 13.0. The Morgan fingerprint density at radius 2 is 1.95 bits per heavy atom. The van der Waals surface area contributed by atoms with Crippen molar-refractivity contribution in [3.05, 3.63) is 5.82 Å². The topological polar surface area (TPSA) is 90.1 Å². The molecule has 1 heterocycles. The first-order valence-corrected chi connectivity index (χ1v) is 7.46. The minimum absolute atomic E-state index is 0.303. The van der Waals surface area contributed by atoms with Crippen LogP contribution in [0.1, 0.15) is 58.2 Å². The zero-order chi connectivity index (χ0) is 15.5. The first kappa shape index (κ1) is 15.9. The lowest BCUT2D eigenvalue weighted by atomic mass is 9.80. The van der Waals surface area contributed by atoms with Gasteiger partial charge in [-0.1, -0.05) is 25.7 Å². The van der Waals surface area contributed by atoms with Crippen molar-refractivity contribution in [1.29, 1.82) is 0 Å². The van der Waals surface area contributed by atoms with Gasteiger partial charge in [0.1, 0.15) is 5.60 Å². The van der Waals surface area contributed by atoms with E-state index >= 15 is 0 Å². The van der Waals surface area contributed by atoms with E-state index in [1.807, 2.05) is 13.8 Å². The molecule has 1 aromatic heterocycles. The van der Waals surface area contributed by atoms with Crippen LogP contribution >= 0.6 is 0 Å². The standard InChI is InChI=1S/C14H24N4O3/c1-13(2,21-3)11-15-16-17-18(11)10-14(12(19)20)8-6-4-5-7-9-14/h4-10H2,1-3H3,(H,19,20). The summed E-state index contributed by atoms with van der Waals surface area (Å²) >= 11 is 0. The average Bonchev–Trinajstić information content (AvgIpc) is 2.77. The summed E-state index contributed by atoms with van der Waals surface area (Å²) in [5, 5.41) is 21.5.